The summed E-state index contributed by atoms with van der Waals surface area (Å²) in [7, 11) is 0. The molecule has 2 heterocycles. The van der Waals surface area contributed by atoms with Crippen LogP contribution in [-0.2, 0) is 0 Å². The number of hydrogen-bond donors (Lipinski definition) is 1. The van der Waals surface area contributed by atoms with E-state index in [-0.39, 0.29) is 23.0 Å². The molecular weight excluding hydrogens is 236 g/mol. The highest BCUT2D eigenvalue weighted by Gasteiger charge is 2.41. The van der Waals surface area contributed by atoms with Crippen molar-refractivity contribution < 1.29 is 5.11 Å². The van der Waals surface area contributed by atoms with E-state index in [0.717, 1.165) is 12.3 Å². The molecule has 1 fully saturated rings. The second kappa shape index (κ2) is 4.34. The van der Waals surface area contributed by atoms with E-state index in [4.69, 9.17) is 4.99 Å². The molecule has 108 valence electrons. The van der Waals surface area contributed by atoms with Crippen LogP contribution in [0, 0.1) is 10.8 Å². The molecule has 2 aliphatic heterocycles. The Kier molecular flexibility index (Phi) is 3.33. The Balaban J connectivity index is 2.52. The standard InChI is InChI=1S/C16H28N2O/c1-10-13(15(2,3)4)12-8-11(19)9-18(12)14(17-10)16(5,6)7/h10-11,19H,8-9H2,1-7H3/t10-,11+/m1/s1. The number of amidine groups is 1. The van der Waals surface area contributed by atoms with Crippen LogP contribution >= 0.6 is 0 Å². The van der Waals surface area contributed by atoms with Gasteiger partial charge in [0.1, 0.15) is 5.84 Å². The third-order valence-corrected chi connectivity index (χ3v) is 3.93. The maximum Gasteiger partial charge on any atom is 0.109 e. The van der Waals surface area contributed by atoms with Crippen LogP contribution in [0.15, 0.2) is 16.3 Å². The van der Waals surface area contributed by atoms with Gasteiger partial charge in [-0.1, -0.05) is 41.5 Å². The zero-order valence-corrected chi connectivity index (χ0v) is 13.4. The van der Waals surface area contributed by atoms with E-state index in [1.165, 1.54) is 11.3 Å². The van der Waals surface area contributed by atoms with Crippen LogP contribution in [0.4, 0.5) is 0 Å². The van der Waals surface area contributed by atoms with Crippen LogP contribution in [-0.4, -0.2) is 34.5 Å². The third kappa shape index (κ3) is 2.58. The number of aliphatic hydroxyl groups is 1. The lowest BCUT2D eigenvalue weighted by Gasteiger charge is -2.41. The minimum Gasteiger partial charge on any atom is -0.391 e. The molecule has 0 saturated carbocycles. The number of hydrogen-bond acceptors (Lipinski definition) is 3. The molecule has 0 bridgehead atoms. The van der Waals surface area contributed by atoms with Crippen LogP contribution in [0.2, 0.25) is 0 Å². The van der Waals surface area contributed by atoms with E-state index in [2.05, 4.69) is 53.4 Å². The highest BCUT2D eigenvalue weighted by atomic mass is 16.3. The quantitative estimate of drug-likeness (QED) is 0.729. The first kappa shape index (κ1) is 14.6. The summed E-state index contributed by atoms with van der Waals surface area (Å²) in [6.45, 7) is 16.2. The minimum absolute atomic E-state index is 0.0208. The van der Waals surface area contributed by atoms with E-state index in [9.17, 15) is 5.11 Å². The predicted octanol–water partition coefficient (Wildman–Crippen LogP) is 3.20. The van der Waals surface area contributed by atoms with Crippen molar-refractivity contribution in [2.45, 2.75) is 67.0 Å². The molecule has 0 aromatic rings. The fourth-order valence-electron chi connectivity index (χ4n) is 3.41. The SMILES string of the molecule is C[C@H]1N=C(C(C)(C)C)N2C[C@@H](O)CC2=C1C(C)(C)C. The maximum atomic E-state index is 10.1. The van der Waals surface area contributed by atoms with Crippen LogP contribution in [0.3, 0.4) is 0 Å². The summed E-state index contributed by atoms with van der Waals surface area (Å²) in [5.41, 5.74) is 2.82. The molecule has 0 amide bonds. The van der Waals surface area contributed by atoms with Gasteiger partial charge in [-0.15, -0.1) is 0 Å². The molecule has 19 heavy (non-hydrogen) atoms. The second-order valence-corrected chi connectivity index (χ2v) is 7.96. The molecule has 2 rings (SSSR count). The maximum absolute atomic E-state index is 10.1. The van der Waals surface area contributed by atoms with E-state index in [1.807, 2.05) is 0 Å². The molecule has 0 radical (unpaired) electrons. The van der Waals surface area contributed by atoms with Crippen LogP contribution in [0.5, 0.6) is 0 Å². The smallest absolute Gasteiger partial charge is 0.109 e. The molecule has 2 aliphatic rings. The molecule has 0 unspecified atom stereocenters. The lowest BCUT2D eigenvalue weighted by molar-refractivity contribution is 0.187. The minimum atomic E-state index is -0.259. The lowest BCUT2D eigenvalue weighted by Crippen LogP contribution is -2.43. The normalized spacial score (nSPS) is 28.6. The number of rotatable bonds is 0. The number of aliphatic imine (C=N–C) groups is 1. The molecule has 3 heteroatoms. The van der Waals surface area contributed by atoms with Gasteiger partial charge in [-0.3, -0.25) is 4.99 Å². The third-order valence-electron chi connectivity index (χ3n) is 3.93. The highest BCUT2D eigenvalue weighted by Crippen LogP contribution is 2.42. The van der Waals surface area contributed by atoms with Crippen molar-refractivity contribution in [2.24, 2.45) is 15.8 Å². The van der Waals surface area contributed by atoms with Gasteiger partial charge in [0.05, 0.1) is 18.7 Å². The summed E-state index contributed by atoms with van der Waals surface area (Å²) < 4.78 is 0. The Morgan fingerprint density at radius 3 is 2.16 bits per heavy atom. The average molecular weight is 264 g/mol. The van der Waals surface area contributed by atoms with Gasteiger partial charge in [-0.25, -0.2) is 0 Å². The fraction of sp³-hybridized carbons (Fsp3) is 0.812. The van der Waals surface area contributed by atoms with Crippen molar-refractivity contribution in [2.75, 3.05) is 6.54 Å². The molecular formula is C16H28N2O. The monoisotopic (exact) mass is 264 g/mol. The predicted molar refractivity (Wildman–Crippen MR) is 80.2 cm³/mol. The molecule has 1 N–H and O–H groups in total. The summed E-state index contributed by atoms with van der Waals surface area (Å²) in [5.74, 6) is 1.12. The molecule has 0 spiro atoms. The number of fused-ring (bicyclic) bond motifs is 1. The van der Waals surface area contributed by atoms with Gasteiger partial charge in [0, 0.05) is 17.5 Å². The summed E-state index contributed by atoms with van der Waals surface area (Å²) in [4.78, 5) is 7.22. The summed E-state index contributed by atoms with van der Waals surface area (Å²) >= 11 is 0. The zero-order valence-electron chi connectivity index (χ0n) is 13.4. The Hall–Kier alpha value is -0.830. The van der Waals surface area contributed by atoms with E-state index in [1.54, 1.807) is 0 Å². The molecule has 0 aromatic heterocycles. The Morgan fingerprint density at radius 1 is 1.11 bits per heavy atom. The van der Waals surface area contributed by atoms with Gasteiger partial charge >= 0.3 is 0 Å². The van der Waals surface area contributed by atoms with Gasteiger partial charge in [-0.05, 0) is 17.9 Å². The van der Waals surface area contributed by atoms with E-state index < -0.39 is 0 Å². The zero-order chi connectivity index (χ0) is 14.6. The van der Waals surface area contributed by atoms with Crippen molar-refractivity contribution in [3.05, 3.63) is 11.3 Å². The van der Waals surface area contributed by atoms with Crippen LogP contribution in [0.25, 0.3) is 0 Å². The summed E-state index contributed by atoms with van der Waals surface area (Å²) in [6.07, 6.45) is 0.511. The Bertz CT molecular complexity index is 435. The molecule has 0 aliphatic carbocycles. The lowest BCUT2D eigenvalue weighted by atomic mass is 9.79. The van der Waals surface area contributed by atoms with Gasteiger partial charge < -0.3 is 10.0 Å². The Labute approximate surface area is 117 Å². The van der Waals surface area contributed by atoms with Crippen molar-refractivity contribution in [1.29, 1.82) is 0 Å². The topological polar surface area (TPSA) is 35.8 Å². The molecule has 0 aromatic carbocycles. The second-order valence-electron chi connectivity index (χ2n) is 7.96. The Morgan fingerprint density at radius 2 is 1.68 bits per heavy atom. The van der Waals surface area contributed by atoms with E-state index >= 15 is 0 Å². The summed E-state index contributed by atoms with van der Waals surface area (Å²) in [6, 6.07) is 0.214. The average Bonchev–Trinajstić information content (AvgIpc) is 2.53. The number of aliphatic hydroxyl groups excluding tert-OH is 1. The molecule has 1 saturated heterocycles. The van der Waals surface area contributed by atoms with Crippen LogP contribution < -0.4 is 0 Å². The highest BCUT2D eigenvalue weighted by molar-refractivity contribution is 5.90. The molecule has 3 nitrogen and oxygen atoms in total. The van der Waals surface area contributed by atoms with Gasteiger partial charge in [0.2, 0.25) is 0 Å². The van der Waals surface area contributed by atoms with Crippen molar-refractivity contribution in [1.82, 2.24) is 4.90 Å². The first-order chi connectivity index (χ1) is 8.51. The first-order valence-corrected chi connectivity index (χ1v) is 7.29. The van der Waals surface area contributed by atoms with Crippen molar-refractivity contribution in [3.63, 3.8) is 0 Å². The van der Waals surface area contributed by atoms with Gasteiger partial charge in [-0.2, -0.15) is 0 Å². The molecule has 2 atom stereocenters. The van der Waals surface area contributed by atoms with Gasteiger partial charge in [0.25, 0.3) is 0 Å². The van der Waals surface area contributed by atoms with Gasteiger partial charge in [0.15, 0.2) is 0 Å². The summed E-state index contributed by atoms with van der Waals surface area (Å²) in [5, 5.41) is 10.1. The largest absolute Gasteiger partial charge is 0.391 e. The van der Waals surface area contributed by atoms with Crippen molar-refractivity contribution in [3.8, 4) is 0 Å². The fourth-order valence-corrected chi connectivity index (χ4v) is 3.41. The number of nitrogens with zero attached hydrogens (tertiary/aromatic N) is 2. The van der Waals surface area contributed by atoms with Crippen molar-refractivity contribution >= 4 is 5.84 Å². The van der Waals surface area contributed by atoms with Crippen LogP contribution in [0.1, 0.15) is 54.9 Å². The first-order valence-electron chi connectivity index (χ1n) is 7.29. The van der Waals surface area contributed by atoms with E-state index in [0.29, 0.717) is 6.54 Å².